The van der Waals surface area contributed by atoms with Crippen LogP contribution in [0.1, 0.15) is 22.8 Å². The molecule has 0 bridgehead atoms. The van der Waals surface area contributed by atoms with Gasteiger partial charge in [0.2, 0.25) is 0 Å². The molecule has 0 heterocycles. The van der Waals surface area contributed by atoms with E-state index in [1.807, 2.05) is 43.3 Å². The minimum Gasteiger partial charge on any atom is -0.496 e. The number of hydrogen-bond acceptors (Lipinski definition) is 9. The van der Waals surface area contributed by atoms with E-state index in [0.29, 0.717) is 24.3 Å². The summed E-state index contributed by atoms with van der Waals surface area (Å²) in [6.45, 7) is 2.67. The molecule has 2 aromatic carbocycles. The number of hydrazone groups is 1. The second kappa shape index (κ2) is 12.2. The Labute approximate surface area is 175 Å². The monoisotopic (exact) mass is 413 g/mol. The summed E-state index contributed by atoms with van der Waals surface area (Å²) < 4.78 is 5.31. The van der Waals surface area contributed by atoms with Crippen molar-refractivity contribution in [2.24, 2.45) is 10.9 Å². The van der Waals surface area contributed by atoms with Crippen molar-refractivity contribution in [1.82, 2.24) is 21.9 Å². The minimum absolute atomic E-state index is 0.301. The molecular formula is C20H27N7O3. The molecular weight excluding hydrogens is 386 g/mol. The Balaban J connectivity index is 2.23. The number of hydrazine groups is 3. The third-order valence-electron chi connectivity index (χ3n) is 4.14. The first-order valence-corrected chi connectivity index (χ1v) is 9.38. The average molecular weight is 413 g/mol. The lowest BCUT2D eigenvalue weighted by atomic mass is 10.0. The van der Waals surface area contributed by atoms with Gasteiger partial charge in [-0.3, -0.25) is 15.4 Å². The number of carbonyl (C=O) groups is 2. The molecule has 1 atom stereocenters. The average Bonchev–Trinajstić information content (AvgIpc) is 2.77. The van der Waals surface area contributed by atoms with Gasteiger partial charge < -0.3 is 15.4 Å². The molecule has 0 aliphatic carbocycles. The fourth-order valence-electron chi connectivity index (χ4n) is 2.76. The summed E-state index contributed by atoms with van der Waals surface area (Å²) in [5.74, 6) is 4.64. The largest absolute Gasteiger partial charge is 0.496 e. The molecule has 2 aromatic rings. The maximum atomic E-state index is 13.0. The number of rotatable bonds is 12. The zero-order valence-electron chi connectivity index (χ0n) is 16.9. The summed E-state index contributed by atoms with van der Waals surface area (Å²) in [5, 5.41) is 9.66. The van der Waals surface area contributed by atoms with Crippen molar-refractivity contribution >= 4 is 23.6 Å². The molecule has 160 valence electrons. The number of nitrogens with one attached hydrogen (secondary N) is 5. The highest BCUT2D eigenvalue weighted by molar-refractivity contribution is 6.30. The van der Waals surface area contributed by atoms with Crippen molar-refractivity contribution in [3.63, 3.8) is 0 Å². The first-order chi connectivity index (χ1) is 14.6. The molecule has 0 fully saturated rings. The third-order valence-corrected chi connectivity index (χ3v) is 4.14. The van der Waals surface area contributed by atoms with Crippen LogP contribution in [-0.4, -0.2) is 37.6 Å². The molecule has 30 heavy (non-hydrogen) atoms. The number of Topliss-reactive ketones (excluding diaryl/α,β-unsaturated/α-hetero) is 1. The first-order valence-electron chi connectivity index (χ1n) is 9.38. The van der Waals surface area contributed by atoms with Crippen LogP contribution in [0.2, 0.25) is 0 Å². The Hall–Kier alpha value is -3.47. The van der Waals surface area contributed by atoms with Crippen LogP contribution in [0.3, 0.4) is 0 Å². The topological polar surface area (TPSA) is 142 Å². The van der Waals surface area contributed by atoms with Crippen LogP contribution in [0.4, 0.5) is 5.69 Å². The number of amides is 1. The molecule has 1 amide bonds. The standard InChI is InChI=1S/C20H27N7O3/c1-3-22-15-9-10-19(30-2)16(12-15)20(29)24-17(11-14-7-5-4-6-8-14)18(28)13-23-26-27-25-21/h4-10,12-13,17,22,25-27H,3,11,21H2,1-2H3,(H,24,29)/b23-13-/t17-/m0/s1. The lowest BCUT2D eigenvalue weighted by Crippen LogP contribution is -2.46. The zero-order valence-corrected chi connectivity index (χ0v) is 16.9. The SMILES string of the molecule is CCNc1ccc(OC)c(C(=O)N[C@@H](Cc2ccccc2)C(=O)/C=N\NNNN)c1. The Morgan fingerprint density at radius 2 is 1.97 bits per heavy atom. The fourth-order valence-corrected chi connectivity index (χ4v) is 2.76. The smallest absolute Gasteiger partial charge is 0.255 e. The van der Waals surface area contributed by atoms with Gasteiger partial charge in [0.1, 0.15) is 5.75 Å². The van der Waals surface area contributed by atoms with Crippen LogP contribution in [0, 0.1) is 0 Å². The Morgan fingerprint density at radius 3 is 2.63 bits per heavy atom. The van der Waals surface area contributed by atoms with Crippen molar-refractivity contribution in [1.29, 1.82) is 0 Å². The van der Waals surface area contributed by atoms with Gasteiger partial charge in [-0.2, -0.15) is 10.6 Å². The molecule has 10 heteroatoms. The highest BCUT2D eigenvalue weighted by Crippen LogP contribution is 2.23. The Kier molecular flexibility index (Phi) is 9.25. The van der Waals surface area contributed by atoms with Crippen LogP contribution in [-0.2, 0) is 11.2 Å². The van der Waals surface area contributed by atoms with E-state index >= 15 is 0 Å². The van der Waals surface area contributed by atoms with Gasteiger partial charge in [-0.15, -0.1) is 5.53 Å². The van der Waals surface area contributed by atoms with Crippen LogP contribution < -0.4 is 37.8 Å². The van der Waals surface area contributed by atoms with E-state index in [2.05, 4.69) is 32.3 Å². The van der Waals surface area contributed by atoms with Gasteiger partial charge in [0.15, 0.2) is 5.78 Å². The second-order valence-electron chi connectivity index (χ2n) is 6.20. The first kappa shape index (κ1) is 22.8. The van der Waals surface area contributed by atoms with Crippen LogP contribution >= 0.6 is 0 Å². The summed E-state index contributed by atoms with van der Waals surface area (Å²) in [6, 6.07) is 13.8. The highest BCUT2D eigenvalue weighted by atomic mass is 16.5. The molecule has 2 rings (SSSR count). The molecule has 0 spiro atoms. The molecule has 0 aromatic heterocycles. The highest BCUT2D eigenvalue weighted by Gasteiger charge is 2.23. The number of hydrogen-bond donors (Lipinski definition) is 6. The number of nitrogens with zero attached hydrogens (tertiary/aromatic N) is 1. The number of nitrogens with two attached hydrogens (primary N) is 1. The number of carbonyl (C=O) groups excluding carboxylic acids is 2. The summed E-state index contributed by atoms with van der Waals surface area (Å²) >= 11 is 0. The van der Waals surface area contributed by atoms with Gasteiger partial charge in [-0.25, -0.2) is 5.53 Å². The van der Waals surface area contributed by atoms with Gasteiger partial charge >= 0.3 is 0 Å². The van der Waals surface area contributed by atoms with Crippen LogP contribution in [0.15, 0.2) is 53.6 Å². The van der Waals surface area contributed by atoms with E-state index in [9.17, 15) is 9.59 Å². The molecule has 7 N–H and O–H groups in total. The molecule has 0 aliphatic heterocycles. The number of benzene rings is 2. The van der Waals surface area contributed by atoms with Crippen molar-refractivity contribution < 1.29 is 14.3 Å². The number of anilines is 1. The molecule has 0 saturated carbocycles. The van der Waals surface area contributed by atoms with Gasteiger partial charge in [0, 0.05) is 18.7 Å². The van der Waals surface area contributed by atoms with Crippen LogP contribution in [0.5, 0.6) is 5.75 Å². The van der Waals surface area contributed by atoms with Crippen molar-refractivity contribution in [2.45, 2.75) is 19.4 Å². The van der Waals surface area contributed by atoms with Gasteiger partial charge in [0.25, 0.3) is 5.91 Å². The predicted octanol–water partition coefficient (Wildman–Crippen LogP) is 0.496. The molecule has 10 nitrogen and oxygen atoms in total. The van der Waals surface area contributed by atoms with E-state index in [1.165, 1.54) is 7.11 Å². The van der Waals surface area contributed by atoms with Gasteiger partial charge in [-0.1, -0.05) is 30.3 Å². The Morgan fingerprint density at radius 1 is 1.20 bits per heavy atom. The number of ether oxygens (including phenoxy) is 1. The predicted molar refractivity (Wildman–Crippen MR) is 116 cm³/mol. The van der Waals surface area contributed by atoms with Crippen molar-refractivity contribution in [3.8, 4) is 5.75 Å². The third kappa shape index (κ3) is 6.85. The summed E-state index contributed by atoms with van der Waals surface area (Å²) in [5.41, 5.74) is 8.76. The Bertz CT molecular complexity index is 859. The van der Waals surface area contributed by atoms with Crippen molar-refractivity contribution in [3.05, 3.63) is 59.7 Å². The second-order valence-corrected chi connectivity index (χ2v) is 6.20. The van der Waals surface area contributed by atoms with E-state index in [1.54, 1.807) is 12.1 Å². The molecule has 0 aliphatic rings. The van der Waals surface area contributed by atoms with Crippen molar-refractivity contribution in [2.75, 3.05) is 19.0 Å². The zero-order chi connectivity index (χ0) is 21.8. The van der Waals surface area contributed by atoms with E-state index in [4.69, 9.17) is 10.6 Å². The van der Waals surface area contributed by atoms with Crippen LogP contribution in [0.25, 0.3) is 0 Å². The maximum Gasteiger partial charge on any atom is 0.255 e. The maximum absolute atomic E-state index is 13.0. The van der Waals surface area contributed by atoms with E-state index < -0.39 is 11.9 Å². The molecule has 0 unspecified atom stereocenters. The summed E-state index contributed by atoms with van der Waals surface area (Å²) in [6.07, 6.45) is 1.37. The lowest BCUT2D eigenvalue weighted by molar-refractivity contribution is -0.114. The molecule has 0 radical (unpaired) electrons. The number of methoxy groups -OCH3 is 1. The van der Waals surface area contributed by atoms with E-state index in [-0.39, 0.29) is 5.78 Å². The lowest BCUT2D eigenvalue weighted by Gasteiger charge is -2.18. The number of ketones is 1. The summed E-state index contributed by atoms with van der Waals surface area (Å²) in [7, 11) is 1.49. The fraction of sp³-hybridized carbons (Fsp3) is 0.250. The summed E-state index contributed by atoms with van der Waals surface area (Å²) in [4.78, 5) is 25.7. The molecule has 0 saturated heterocycles. The van der Waals surface area contributed by atoms with Gasteiger partial charge in [0.05, 0.1) is 24.9 Å². The van der Waals surface area contributed by atoms with Gasteiger partial charge in [-0.05, 0) is 30.7 Å². The van der Waals surface area contributed by atoms with E-state index in [0.717, 1.165) is 17.5 Å². The quantitative estimate of drug-likeness (QED) is 0.128. The normalized spacial score (nSPS) is 11.7. The minimum atomic E-state index is -0.830.